The number of anilines is 1. The molecule has 0 saturated heterocycles. The molecule has 1 N–H and O–H groups in total. The molecule has 1 fully saturated rings. The van der Waals surface area contributed by atoms with Crippen LogP contribution in [-0.4, -0.2) is 28.0 Å². The molecule has 0 unspecified atom stereocenters. The number of hydrogen-bond acceptors (Lipinski definition) is 5. The van der Waals surface area contributed by atoms with Crippen LogP contribution in [0.2, 0.25) is 0 Å². The Bertz CT molecular complexity index is 1000. The lowest BCUT2D eigenvalue weighted by atomic mass is 9.72. The number of aromatic nitrogens is 3. The van der Waals surface area contributed by atoms with Crippen molar-refractivity contribution in [2.45, 2.75) is 31.0 Å². The van der Waals surface area contributed by atoms with Crippen LogP contribution < -0.4 is 10.1 Å². The molecule has 0 radical (unpaired) electrons. The maximum Gasteiger partial charge on any atom is 0.422 e. The van der Waals surface area contributed by atoms with Crippen LogP contribution in [0.3, 0.4) is 0 Å². The van der Waals surface area contributed by atoms with E-state index in [-0.39, 0.29) is 17.2 Å². The first-order valence-corrected chi connectivity index (χ1v) is 9.38. The molecule has 9 heteroatoms. The summed E-state index contributed by atoms with van der Waals surface area (Å²) in [4.78, 5) is 3.87. The summed E-state index contributed by atoms with van der Waals surface area (Å²) in [6.45, 7) is -1.44. The molecule has 30 heavy (non-hydrogen) atoms. The Labute approximate surface area is 170 Å². The molecule has 0 spiro atoms. The highest BCUT2D eigenvalue weighted by molar-refractivity contribution is 5.65. The highest BCUT2D eigenvalue weighted by atomic mass is 19.4. The van der Waals surface area contributed by atoms with Gasteiger partial charge in [0.05, 0.1) is 16.8 Å². The predicted molar refractivity (Wildman–Crippen MR) is 102 cm³/mol. The fourth-order valence-corrected chi connectivity index (χ4v) is 3.42. The third kappa shape index (κ3) is 4.34. The average Bonchev–Trinajstić information content (AvgIpc) is 2.70. The zero-order valence-electron chi connectivity index (χ0n) is 15.8. The average molecular weight is 418 g/mol. The smallest absolute Gasteiger partial charge is 0.422 e. The molecule has 2 heterocycles. The van der Waals surface area contributed by atoms with Crippen LogP contribution in [0.5, 0.6) is 5.88 Å². The maximum absolute atomic E-state index is 13.3. The number of alkyl halides is 3. The van der Waals surface area contributed by atoms with Gasteiger partial charge in [-0.2, -0.15) is 13.2 Å². The number of nitrogens with one attached hydrogen (secondary N) is 1. The summed E-state index contributed by atoms with van der Waals surface area (Å²) in [5.74, 6) is 0.0634. The monoisotopic (exact) mass is 418 g/mol. The van der Waals surface area contributed by atoms with Crippen molar-refractivity contribution in [3.63, 3.8) is 0 Å². The van der Waals surface area contributed by atoms with Gasteiger partial charge in [-0.1, -0.05) is 12.1 Å². The Morgan fingerprint density at radius 3 is 2.37 bits per heavy atom. The van der Waals surface area contributed by atoms with Crippen LogP contribution in [0.15, 0.2) is 54.7 Å². The van der Waals surface area contributed by atoms with Crippen LogP contribution in [0.25, 0.3) is 11.3 Å². The molecule has 5 nitrogen and oxygen atoms in total. The summed E-state index contributed by atoms with van der Waals surface area (Å²) in [5.41, 5.74) is 1.29. The van der Waals surface area contributed by atoms with Crippen molar-refractivity contribution in [1.29, 1.82) is 0 Å². The van der Waals surface area contributed by atoms with Crippen molar-refractivity contribution in [1.82, 2.24) is 15.2 Å². The first-order valence-electron chi connectivity index (χ1n) is 9.38. The highest BCUT2D eigenvalue weighted by Crippen LogP contribution is 2.43. The van der Waals surface area contributed by atoms with Crippen molar-refractivity contribution < 1.29 is 22.3 Å². The maximum atomic E-state index is 13.3. The number of benzene rings is 1. The van der Waals surface area contributed by atoms with E-state index in [1.54, 1.807) is 36.4 Å². The fourth-order valence-electron chi connectivity index (χ4n) is 3.42. The van der Waals surface area contributed by atoms with Crippen molar-refractivity contribution in [2.24, 2.45) is 0 Å². The molecule has 0 aliphatic heterocycles. The molecule has 0 amide bonds. The van der Waals surface area contributed by atoms with Crippen LogP contribution in [0.1, 0.15) is 24.8 Å². The van der Waals surface area contributed by atoms with Crippen LogP contribution in [0.4, 0.5) is 23.4 Å². The van der Waals surface area contributed by atoms with Crippen molar-refractivity contribution in [3.05, 3.63) is 66.1 Å². The third-order valence-electron chi connectivity index (χ3n) is 5.06. The van der Waals surface area contributed by atoms with E-state index in [9.17, 15) is 17.6 Å². The number of nitrogens with zero attached hydrogens (tertiary/aromatic N) is 3. The van der Waals surface area contributed by atoms with E-state index >= 15 is 0 Å². The minimum Gasteiger partial charge on any atom is -0.468 e. The molecular formula is C21H18F4N4O. The van der Waals surface area contributed by atoms with E-state index in [0.717, 1.165) is 24.8 Å². The minimum absolute atomic E-state index is 0.161. The standard InChI is InChI=1S/C21H18F4N4O/c22-15-6-4-14(5-7-15)20(10-2-11-20)27-18-9-8-17(28-29-18)16-3-1-12-26-19(16)30-13-21(23,24)25/h1,3-9,12H,2,10-11,13H2,(H,27,29). The van der Waals surface area contributed by atoms with Crippen molar-refractivity contribution >= 4 is 5.82 Å². The topological polar surface area (TPSA) is 59.9 Å². The predicted octanol–water partition coefficient (Wildman–Crippen LogP) is 5.11. The Kier molecular flexibility index (Phi) is 5.27. The highest BCUT2D eigenvalue weighted by Gasteiger charge is 2.39. The summed E-state index contributed by atoms with van der Waals surface area (Å²) in [6, 6.07) is 12.9. The van der Waals surface area contributed by atoms with Gasteiger partial charge in [0.2, 0.25) is 5.88 Å². The SMILES string of the molecule is Fc1ccc(C2(Nc3ccc(-c4cccnc4OCC(F)(F)F)nn3)CCC2)cc1. The summed E-state index contributed by atoms with van der Waals surface area (Å²) in [7, 11) is 0. The van der Waals surface area contributed by atoms with Gasteiger partial charge in [-0.05, 0) is 61.2 Å². The Hall–Kier alpha value is -3.23. The number of ether oxygens (including phenoxy) is 1. The largest absolute Gasteiger partial charge is 0.468 e. The van der Waals surface area contributed by atoms with Crippen molar-refractivity contribution in [2.75, 3.05) is 11.9 Å². The zero-order valence-corrected chi connectivity index (χ0v) is 15.8. The summed E-state index contributed by atoms with van der Waals surface area (Å²) in [5, 5.41) is 11.7. The normalized spacial score (nSPS) is 15.3. The van der Waals surface area contributed by atoms with Gasteiger partial charge in [-0.3, -0.25) is 0 Å². The van der Waals surface area contributed by atoms with E-state index in [0.29, 0.717) is 17.1 Å². The van der Waals surface area contributed by atoms with Gasteiger partial charge in [0.1, 0.15) is 11.6 Å². The molecule has 1 aliphatic carbocycles. The van der Waals surface area contributed by atoms with Crippen molar-refractivity contribution in [3.8, 4) is 17.1 Å². The molecule has 1 aliphatic rings. The quantitative estimate of drug-likeness (QED) is 0.564. The van der Waals surface area contributed by atoms with E-state index in [2.05, 4.69) is 20.5 Å². The minimum atomic E-state index is -4.47. The number of halogens is 4. The first-order chi connectivity index (χ1) is 14.3. The Morgan fingerprint density at radius 2 is 1.77 bits per heavy atom. The second-order valence-corrected chi connectivity index (χ2v) is 7.13. The molecule has 0 atom stereocenters. The molecule has 156 valence electrons. The Balaban J connectivity index is 1.53. The van der Waals surface area contributed by atoms with E-state index < -0.39 is 12.8 Å². The summed E-state index contributed by atoms with van der Waals surface area (Å²) in [6.07, 6.45) is -0.334. The van der Waals surface area contributed by atoms with Crippen LogP contribution >= 0.6 is 0 Å². The lowest BCUT2D eigenvalue weighted by Crippen LogP contribution is -2.42. The molecule has 4 rings (SSSR count). The zero-order chi connectivity index (χ0) is 21.2. The Morgan fingerprint density at radius 1 is 1.00 bits per heavy atom. The van der Waals surface area contributed by atoms with E-state index in [1.807, 2.05) is 0 Å². The summed E-state index contributed by atoms with van der Waals surface area (Å²) >= 11 is 0. The van der Waals surface area contributed by atoms with Gasteiger partial charge >= 0.3 is 6.18 Å². The van der Waals surface area contributed by atoms with E-state index in [4.69, 9.17) is 4.74 Å². The number of pyridine rings is 1. The lowest BCUT2D eigenvalue weighted by molar-refractivity contribution is -0.154. The van der Waals surface area contributed by atoms with Gasteiger partial charge in [0.25, 0.3) is 0 Å². The van der Waals surface area contributed by atoms with Gasteiger partial charge in [-0.25, -0.2) is 9.37 Å². The second kappa shape index (κ2) is 7.89. The van der Waals surface area contributed by atoms with Crippen LogP contribution in [0, 0.1) is 5.82 Å². The second-order valence-electron chi connectivity index (χ2n) is 7.13. The fraction of sp³-hybridized carbons (Fsp3) is 0.286. The van der Waals surface area contributed by atoms with Gasteiger partial charge in [0.15, 0.2) is 6.61 Å². The molecule has 3 aromatic rings. The lowest BCUT2D eigenvalue weighted by Gasteiger charge is -2.43. The van der Waals surface area contributed by atoms with Crippen LogP contribution in [-0.2, 0) is 5.54 Å². The number of rotatable bonds is 6. The number of hydrogen-bond donors (Lipinski definition) is 1. The third-order valence-corrected chi connectivity index (χ3v) is 5.06. The summed E-state index contributed by atoms with van der Waals surface area (Å²) < 4.78 is 55.5. The van der Waals surface area contributed by atoms with Gasteiger partial charge in [-0.15, -0.1) is 10.2 Å². The molecular weight excluding hydrogens is 400 g/mol. The molecule has 2 aromatic heterocycles. The molecule has 1 saturated carbocycles. The molecule has 0 bridgehead atoms. The first kappa shape index (κ1) is 20.1. The molecule has 1 aromatic carbocycles. The van der Waals surface area contributed by atoms with Gasteiger partial charge in [0, 0.05) is 6.20 Å². The van der Waals surface area contributed by atoms with E-state index in [1.165, 1.54) is 18.3 Å². The van der Waals surface area contributed by atoms with Gasteiger partial charge < -0.3 is 10.1 Å².